The topological polar surface area (TPSA) is 0 Å². The molecule has 0 bridgehead atoms. The van der Waals surface area contributed by atoms with Crippen molar-refractivity contribution in [2.45, 2.75) is 18.3 Å². The van der Waals surface area contributed by atoms with E-state index in [0.29, 0.717) is 0 Å². The summed E-state index contributed by atoms with van der Waals surface area (Å²) in [6.45, 7) is 5.05. The lowest BCUT2D eigenvalue weighted by Crippen LogP contribution is -2.45. The van der Waals surface area contributed by atoms with Crippen LogP contribution in [-0.4, -0.2) is 23.8 Å². The van der Waals surface area contributed by atoms with Crippen LogP contribution < -0.4 is 10.4 Å². The van der Waals surface area contributed by atoms with Crippen molar-refractivity contribution in [2.24, 2.45) is 0 Å². The van der Waals surface area contributed by atoms with Gasteiger partial charge in [0, 0.05) is 0 Å². The Labute approximate surface area is 122 Å². The van der Waals surface area contributed by atoms with Crippen LogP contribution in [0.1, 0.15) is 0 Å². The van der Waals surface area contributed by atoms with Crippen molar-refractivity contribution >= 4 is 37.2 Å². The fourth-order valence-electron chi connectivity index (χ4n) is 2.85. The van der Waals surface area contributed by atoms with Crippen molar-refractivity contribution in [1.82, 2.24) is 0 Å². The van der Waals surface area contributed by atoms with Gasteiger partial charge in [0.25, 0.3) is 0 Å². The van der Waals surface area contributed by atoms with Crippen molar-refractivity contribution < 1.29 is 0 Å². The molecule has 0 aliphatic rings. The summed E-state index contributed by atoms with van der Waals surface area (Å²) in [5.74, 6) is 0. The van der Waals surface area contributed by atoms with Gasteiger partial charge in [-0.3, -0.25) is 0 Å². The molecule has 19 heavy (non-hydrogen) atoms. The Kier molecular flexibility index (Phi) is 5.56. The molecule has 0 nitrogen and oxygen atoms in total. The summed E-state index contributed by atoms with van der Waals surface area (Å²) in [5.41, 5.74) is 0. The molecule has 2 aromatic rings. The molecule has 0 saturated heterocycles. The molecule has 3 unspecified atom stereocenters. The van der Waals surface area contributed by atoms with Crippen molar-refractivity contribution in [1.29, 1.82) is 0 Å². The SMILES string of the molecule is C[SiH](c1ccccc1)C(CP)[SiH](C)c1ccccc1. The molecule has 2 rings (SSSR count). The van der Waals surface area contributed by atoms with Gasteiger partial charge in [-0.05, 0) is 11.3 Å². The summed E-state index contributed by atoms with van der Waals surface area (Å²) in [4.78, 5) is 0. The van der Waals surface area contributed by atoms with E-state index in [-0.39, 0.29) is 0 Å². The van der Waals surface area contributed by atoms with Crippen molar-refractivity contribution in [2.75, 3.05) is 6.16 Å². The first-order valence-electron chi connectivity index (χ1n) is 7.04. The highest BCUT2D eigenvalue weighted by molar-refractivity contribution is 7.18. The van der Waals surface area contributed by atoms with Crippen LogP contribution in [0.15, 0.2) is 60.7 Å². The Morgan fingerprint density at radius 3 is 1.47 bits per heavy atom. The highest BCUT2D eigenvalue weighted by Crippen LogP contribution is 2.18. The number of rotatable bonds is 5. The standard InChI is InChI=1S/C16H23PSi2/c1-18(14-9-5-3-6-10-14)16(13-17)19(2)15-11-7-4-8-12-15/h3-12,16,18-19H,13,17H2,1-2H3. The maximum Gasteiger partial charge on any atom is 0.0686 e. The van der Waals surface area contributed by atoms with E-state index in [1.807, 2.05) is 0 Å². The van der Waals surface area contributed by atoms with Crippen LogP contribution in [0.2, 0.25) is 18.3 Å². The second-order valence-corrected chi connectivity index (χ2v) is 12.7. The van der Waals surface area contributed by atoms with Gasteiger partial charge in [0.1, 0.15) is 0 Å². The highest BCUT2D eigenvalue weighted by Gasteiger charge is 2.26. The van der Waals surface area contributed by atoms with Gasteiger partial charge in [-0.15, -0.1) is 9.24 Å². The summed E-state index contributed by atoms with van der Waals surface area (Å²) in [6.07, 6.45) is 1.25. The van der Waals surface area contributed by atoms with Crippen LogP contribution in [0.5, 0.6) is 0 Å². The van der Waals surface area contributed by atoms with E-state index in [1.54, 1.807) is 10.4 Å². The number of hydrogen-bond acceptors (Lipinski definition) is 0. The molecule has 0 spiro atoms. The quantitative estimate of drug-likeness (QED) is 0.587. The monoisotopic (exact) mass is 302 g/mol. The predicted molar refractivity (Wildman–Crippen MR) is 96.5 cm³/mol. The van der Waals surface area contributed by atoms with E-state index < -0.39 is 17.6 Å². The smallest absolute Gasteiger partial charge is 0.0686 e. The van der Waals surface area contributed by atoms with Crippen LogP contribution in [0.4, 0.5) is 0 Å². The van der Waals surface area contributed by atoms with Crippen molar-refractivity contribution in [3.05, 3.63) is 60.7 Å². The Morgan fingerprint density at radius 2 is 1.16 bits per heavy atom. The van der Waals surface area contributed by atoms with E-state index in [0.717, 1.165) is 5.16 Å². The first kappa shape index (κ1) is 14.7. The molecule has 2 aromatic carbocycles. The van der Waals surface area contributed by atoms with Crippen LogP contribution in [0, 0.1) is 0 Å². The second kappa shape index (κ2) is 7.18. The largest absolute Gasteiger partial charge is 0.138 e. The maximum atomic E-state index is 3.00. The lowest BCUT2D eigenvalue weighted by molar-refractivity contribution is 1.29. The molecule has 3 atom stereocenters. The Hall–Kier alpha value is -0.696. The zero-order valence-corrected chi connectivity index (χ0v) is 15.3. The minimum absolute atomic E-state index is 0.862. The van der Waals surface area contributed by atoms with Gasteiger partial charge in [0.15, 0.2) is 0 Å². The number of hydrogen-bond donors (Lipinski definition) is 0. The van der Waals surface area contributed by atoms with Gasteiger partial charge in [0.2, 0.25) is 0 Å². The first-order chi connectivity index (χ1) is 9.24. The van der Waals surface area contributed by atoms with Crippen molar-refractivity contribution in [3.63, 3.8) is 0 Å². The fourth-order valence-corrected chi connectivity index (χ4v) is 13.6. The van der Waals surface area contributed by atoms with Gasteiger partial charge in [0.05, 0.1) is 17.6 Å². The molecule has 0 saturated carbocycles. The lowest BCUT2D eigenvalue weighted by atomic mass is 10.4. The van der Waals surface area contributed by atoms with Crippen molar-refractivity contribution in [3.8, 4) is 0 Å². The molecular formula is C16H23PSi2. The van der Waals surface area contributed by atoms with E-state index in [9.17, 15) is 0 Å². The summed E-state index contributed by atoms with van der Waals surface area (Å²) in [6, 6.07) is 22.3. The molecule has 0 N–H and O–H groups in total. The van der Waals surface area contributed by atoms with Gasteiger partial charge in [-0.25, -0.2) is 0 Å². The fraction of sp³-hybridized carbons (Fsp3) is 0.250. The first-order valence-corrected chi connectivity index (χ1v) is 12.7. The van der Waals surface area contributed by atoms with E-state index in [1.165, 1.54) is 6.16 Å². The van der Waals surface area contributed by atoms with E-state index in [2.05, 4.69) is 83.0 Å². The third kappa shape index (κ3) is 3.65. The predicted octanol–water partition coefficient (Wildman–Crippen LogP) is 2.30. The molecule has 0 aliphatic heterocycles. The van der Waals surface area contributed by atoms with Gasteiger partial charge >= 0.3 is 0 Å². The average Bonchev–Trinajstić information content (AvgIpc) is 2.49. The van der Waals surface area contributed by atoms with Crippen LogP contribution in [-0.2, 0) is 0 Å². The lowest BCUT2D eigenvalue weighted by Gasteiger charge is -2.27. The Bertz CT molecular complexity index is 441. The molecule has 0 heterocycles. The molecule has 0 aromatic heterocycles. The zero-order valence-electron chi connectivity index (χ0n) is 11.8. The molecule has 3 heteroatoms. The highest BCUT2D eigenvalue weighted by atomic mass is 31.0. The summed E-state index contributed by atoms with van der Waals surface area (Å²) >= 11 is 0. The maximum absolute atomic E-state index is 3.00. The van der Waals surface area contributed by atoms with Crippen LogP contribution >= 0.6 is 9.24 Å². The summed E-state index contributed by atoms with van der Waals surface area (Å²) < 4.78 is 0. The third-order valence-corrected chi connectivity index (χ3v) is 15.3. The molecule has 0 aliphatic carbocycles. The third-order valence-electron chi connectivity index (χ3n) is 4.21. The second-order valence-electron chi connectivity index (χ2n) is 5.30. The summed E-state index contributed by atoms with van der Waals surface area (Å²) in [7, 11) is 1.28. The normalized spacial score (nSPS) is 15.7. The number of benzene rings is 2. The van der Waals surface area contributed by atoms with Crippen LogP contribution in [0.25, 0.3) is 0 Å². The van der Waals surface area contributed by atoms with E-state index >= 15 is 0 Å². The molecule has 0 amide bonds. The Morgan fingerprint density at radius 1 is 0.789 bits per heavy atom. The zero-order chi connectivity index (χ0) is 13.7. The summed E-state index contributed by atoms with van der Waals surface area (Å²) in [5, 5.41) is 4.16. The van der Waals surface area contributed by atoms with Gasteiger partial charge < -0.3 is 0 Å². The van der Waals surface area contributed by atoms with Gasteiger partial charge in [-0.2, -0.15) is 0 Å². The molecule has 0 fully saturated rings. The molecule has 100 valence electrons. The van der Waals surface area contributed by atoms with Gasteiger partial charge in [-0.1, -0.05) is 84.1 Å². The van der Waals surface area contributed by atoms with E-state index in [4.69, 9.17) is 0 Å². The Balaban J connectivity index is 2.20. The molecular weight excluding hydrogens is 279 g/mol. The minimum atomic E-state index is -0.862. The average molecular weight is 303 g/mol. The minimum Gasteiger partial charge on any atom is -0.138 e. The molecule has 0 radical (unpaired) electrons. The van der Waals surface area contributed by atoms with Crippen LogP contribution in [0.3, 0.4) is 0 Å².